The fourth-order valence-electron chi connectivity index (χ4n) is 3.64. The largest absolute Gasteiger partial charge is 0.348 e. The van der Waals surface area contributed by atoms with E-state index in [1.807, 2.05) is 28.8 Å². The van der Waals surface area contributed by atoms with Gasteiger partial charge in [0.2, 0.25) is 5.91 Å². The second-order valence-corrected chi connectivity index (χ2v) is 6.63. The maximum absolute atomic E-state index is 13.1. The number of nitrogens with zero attached hydrogens (tertiary/aromatic N) is 4. The van der Waals surface area contributed by atoms with Gasteiger partial charge in [-0.1, -0.05) is 32.3 Å². The Kier molecular flexibility index (Phi) is 5.36. The van der Waals surface area contributed by atoms with Crippen molar-refractivity contribution in [3.8, 4) is 0 Å². The molecule has 0 saturated heterocycles. The SMILES string of the molecule is CCCC(=CC(=O)N1CCc2[nH]cnc2[C@@H]1c1ccnn1C)CCC. The van der Waals surface area contributed by atoms with E-state index >= 15 is 0 Å². The van der Waals surface area contributed by atoms with Crippen molar-refractivity contribution in [1.29, 1.82) is 0 Å². The average molecular weight is 341 g/mol. The molecule has 2 aromatic rings. The lowest BCUT2D eigenvalue weighted by Gasteiger charge is -2.34. The number of hydrogen-bond donors (Lipinski definition) is 1. The van der Waals surface area contributed by atoms with Crippen LogP contribution in [0.3, 0.4) is 0 Å². The second kappa shape index (κ2) is 7.68. The van der Waals surface area contributed by atoms with Crippen LogP contribution in [0.4, 0.5) is 0 Å². The zero-order chi connectivity index (χ0) is 17.8. The van der Waals surface area contributed by atoms with Crippen LogP contribution < -0.4 is 0 Å². The summed E-state index contributed by atoms with van der Waals surface area (Å²) >= 11 is 0. The van der Waals surface area contributed by atoms with Gasteiger partial charge in [0.05, 0.1) is 17.7 Å². The summed E-state index contributed by atoms with van der Waals surface area (Å²) in [5.74, 6) is 0.0803. The van der Waals surface area contributed by atoms with Crippen LogP contribution in [0, 0.1) is 0 Å². The summed E-state index contributed by atoms with van der Waals surface area (Å²) in [6.07, 6.45) is 10.2. The molecule has 0 fully saturated rings. The quantitative estimate of drug-likeness (QED) is 0.821. The number of imidazole rings is 1. The van der Waals surface area contributed by atoms with Crippen LogP contribution in [0.5, 0.6) is 0 Å². The van der Waals surface area contributed by atoms with Gasteiger partial charge in [0.15, 0.2) is 0 Å². The van der Waals surface area contributed by atoms with E-state index in [0.717, 1.165) is 49.2 Å². The first-order valence-corrected chi connectivity index (χ1v) is 9.15. The Hall–Kier alpha value is -2.37. The van der Waals surface area contributed by atoms with E-state index in [4.69, 9.17) is 0 Å². The normalized spacial score (nSPS) is 16.6. The number of aryl methyl sites for hydroxylation is 1. The molecule has 1 atom stereocenters. The van der Waals surface area contributed by atoms with Gasteiger partial charge >= 0.3 is 0 Å². The smallest absolute Gasteiger partial charge is 0.247 e. The maximum Gasteiger partial charge on any atom is 0.247 e. The van der Waals surface area contributed by atoms with E-state index in [1.54, 1.807) is 12.5 Å². The van der Waals surface area contributed by atoms with E-state index in [-0.39, 0.29) is 11.9 Å². The highest BCUT2D eigenvalue weighted by Crippen LogP contribution is 2.33. The van der Waals surface area contributed by atoms with Crippen LogP contribution in [-0.2, 0) is 18.3 Å². The molecule has 1 amide bonds. The number of H-pyrrole nitrogens is 1. The van der Waals surface area contributed by atoms with Gasteiger partial charge < -0.3 is 9.88 Å². The highest BCUT2D eigenvalue weighted by Gasteiger charge is 2.35. The van der Waals surface area contributed by atoms with Crippen LogP contribution >= 0.6 is 0 Å². The molecular weight excluding hydrogens is 314 g/mol. The van der Waals surface area contributed by atoms with E-state index < -0.39 is 0 Å². The van der Waals surface area contributed by atoms with Gasteiger partial charge in [0.1, 0.15) is 6.04 Å². The summed E-state index contributed by atoms with van der Waals surface area (Å²) in [5.41, 5.74) is 4.28. The third kappa shape index (κ3) is 3.52. The maximum atomic E-state index is 13.1. The van der Waals surface area contributed by atoms with Crippen molar-refractivity contribution in [2.75, 3.05) is 6.54 Å². The number of allylic oxidation sites excluding steroid dienone is 1. The predicted octanol–water partition coefficient (Wildman–Crippen LogP) is 3.14. The van der Waals surface area contributed by atoms with E-state index in [2.05, 4.69) is 28.9 Å². The number of aromatic nitrogens is 4. The van der Waals surface area contributed by atoms with Gasteiger partial charge in [0.25, 0.3) is 0 Å². The summed E-state index contributed by atoms with van der Waals surface area (Å²) < 4.78 is 1.83. The molecule has 2 aromatic heterocycles. The Morgan fingerprint density at radius 1 is 1.36 bits per heavy atom. The molecule has 0 radical (unpaired) electrons. The molecule has 0 bridgehead atoms. The minimum atomic E-state index is -0.184. The summed E-state index contributed by atoms with van der Waals surface area (Å²) in [4.78, 5) is 22.7. The van der Waals surface area contributed by atoms with Gasteiger partial charge in [-0.15, -0.1) is 0 Å². The molecule has 1 N–H and O–H groups in total. The Morgan fingerprint density at radius 2 is 2.12 bits per heavy atom. The minimum absolute atomic E-state index is 0.0803. The van der Waals surface area contributed by atoms with Gasteiger partial charge in [-0.05, 0) is 18.9 Å². The molecule has 1 aliphatic rings. The van der Waals surface area contributed by atoms with Crippen molar-refractivity contribution in [3.05, 3.63) is 47.3 Å². The number of nitrogens with one attached hydrogen (secondary N) is 1. The lowest BCUT2D eigenvalue weighted by atomic mass is 9.98. The summed E-state index contributed by atoms with van der Waals surface area (Å²) in [6.45, 7) is 5.00. The molecule has 0 unspecified atom stereocenters. The van der Waals surface area contributed by atoms with Gasteiger partial charge in [0, 0.05) is 38.0 Å². The first-order chi connectivity index (χ1) is 12.2. The topological polar surface area (TPSA) is 66.8 Å². The third-order valence-electron chi connectivity index (χ3n) is 4.82. The second-order valence-electron chi connectivity index (χ2n) is 6.63. The fourth-order valence-corrected chi connectivity index (χ4v) is 3.64. The fraction of sp³-hybridized carbons (Fsp3) is 0.526. The molecule has 3 rings (SSSR count). The minimum Gasteiger partial charge on any atom is -0.348 e. The van der Waals surface area contributed by atoms with Crippen molar-refractivity contribution in [3.63, 3.8) is 0 Å². The molecule has 6 heteroatoms. The number of hydrogen-bond acceptors (Lipinski definition) is 3. The molecular formula is C19H27N5O. The van der Waals surface area contributed by atoms with Crippen molar-refractivity contribution in [2.24, 2.45) is 7.05 Å². The number of carbonyl (C=O) groups is 1. The van der Waals surface area contributed by atoms with Crippen molar-refractivity contribution in [1.82, 2.24) is 24.6 Å². The van der Waals surface area contributed by atoms with Crippen molar-refractivity contribution >= 4 is 5.91 Å². The van der Waals surface area contributed by atoms with Crippen molar-refractivity contribution in [2.45, 2.75) is 52.0 Å². The summed E-state index contributed by atoms with van der Waals surface area (Å²) in [7, 11) is 1.91. The van der Waals surface area contributed by atoms with Crippen molar-refractivity contribution < 1.29 is 4.79 Å². The molecule has 134 valence electrons. The van der Waals surface area contributed by atoms with Gasteiger partial charge in [-0.2, -0.15) is 5.10 Å². The Bertz CT molecular complexity index is 749. The molecule has 0 saturated carbocycles. The lowest BCUT2D eigenvalue weighted by molar-refractivity contribution is -0.128. The van der Waals surface area contributed by atoms with Crippen LogP contribution in [-0.4, -0.2) is 37.1 Å². The zero-order valence-corrected chi connectivity index (χ0v) is 15.3. The number of carbonyl (C=O) groups excluding carboxylic acids is 1. The number of rotatable bonds is 6. The Morgan fingerprint density at radius 3 is 2.76 bits per heavy atom. The average Bonchev–Trinajstić information content (AvgIpc) is 3.23. The molecule has 3 heterocycles. The molecule has 25 heavy (non-hydrogen) atoms. The highest BCUT2D eigenvalue weighted by molar-refractivity contribution is 5.89. The van der Waals surface area contributed by atoms with E-state index in [1.165, 1.54) is 5.57 Å². The lowest BCUT2D eigenvalue weighted by Crippen LogP contribution is -2.40. The first-order valence-electron chi connectivity index (χ1n) is 9.15. The number of amides is 1. The summed E-state index contributed by atoms with van der Waals surface area (Å²) in [5, 5.41) is 4.29. The van der Waals surface area contributed by atoms with E-state index in [0.29, 0.717) is 6.54 Å². The first kappa shape index (κ1) is 17.5. The highest BCUT2D eigenvalue weighted by atomic mass is 16.2. The van der Waals surface area contributed by atoms with Gasteiger partial charge in [-0.25, -0.2) is 4.98 Å². The summed E-state index contributed by atoms with van der Waals surface area (Å²) in [6, 6.07) is 1.79. The molecule has 0 spiro atoms. The van der Waals surface area contributed by atoms with E-state index in [9.17, 15) is 4.79 Å². The standard InChI is InChI=1S/C19H27N5O/c1-4-6-14(7-5-2)12-17(25)24-11-9-15-18(21-13-20-15)19(24)16-8-10-22-23(16)3/h8,10,12-13,19H,4-7,9,11H2,1-3H3,(H,20,21)/t19-/m0/s1. The number of fused-ring (bicyclic) bond motifs is 1. The Labute approximate surface area is 148 Å². The van der Waals surface area contributed by atoms with Crippen LogP contribution in [0.1, 0.15) is 62.7 Å². The van der Waals surface area contributed by atoms with Gasteiger partial charge in [-0.3, -0.25) is 9.48 Å². The zero-order valence-electron chi connectivity index (χ0n) is 15.3. The molecule has 0 aromatic carbocycles. The van der Waals surface area contributed by atoms with Crippen LogP contribution in [0.15, 0.2) is 30.2 Å². The number of aromatic amines is 1. The predicted molar refractivity (Wildman–Crippen MR) is 97.0 cm³/mol. The molecule has 1 aliphatic heterocycles. The monoisotopic (exact) mass is 341 g/mol. The van der Waals surface area contributed by atoms with Crippen LogP contribution in [0.2, 0.25) is 0 Å². The third-order valence-corrected chi connectivity index (χ3v) is 4.82. The molecule has 6 nitrogen and oxygen atoms in total. The van der Waals surface area contributed by atoms with Crippen LogP contribution in [0.25, 0.3) is 0 Å². The Balaban J connectivity index is 1.95. The molecule has 0 aliphatic carbocycles.